The van der Waals surface area contributed by atoms with Crippen LogP contribution in [-0.4, -0.2) is 29.2 Å². The minimum atomic E-state index is -0.560. The van der Waals surface area contributed by atoms with Gasteiger partial charge >= 0.3 is 6.03 Å². The largest absolute Gasteiger partial charge is 0.496 e. The summed E-state index contributed by atoms with van der Waals surface area (Å²) in [4.78, 5) is 22.6. The summed E-state index contributed by atoms with van der Waals surface area (Å²) in [5, 5.41) is 17.6. The second-order valence-corrected chi connectivity index (χ2v) is 5.94. The minimum absolute atomic E-state index is 0.120. The number of fused-ring (bicyclic) bond motifs is 1. The number of benzene rings is 2. The van der Waals surface area contributed by atoms with Gasteiger partial charge in [-0.15, -0.1) is 0 Å². The summed E-state index contributed by atoms with van der Waals surface area (Å²) in [5.41, 5.74) is 1.05. The maximum absolute atomic E-state index is 12.0. The van der Waals surface area contributed by atoms with Crippen LogP contribution < -0.4 is 15.4 Å². The number of carbonyl (C=O) groups is 1. The number of aryl methyl sites for hydroxylation is 1. The number of nitro benzene ring substituents is 1. The van der Waals surface area contributed by atoms with Crippen LogP contribution in [0.25, 0.3) is 10.9 Å². The third kappa shape index (κ3) is 4.35. The minimum Gasteiger partial charge on any atom is -0.496 e. The lowest BCUT2D eigenvalue weighted by Gasteiger charge is -2.10. The first-order chi connectivity index (χ1) is 13.1. The molecule has 3 rings (SSSR count). The summed E-state index contributed by atoms with van der Waals surface area (Å²) in [5.74, 6) is 0.353. The van der Waals surface area contributed by atoms with Crippen molar-refractivity contribution >= 4 is 28.3 Å². The number of carbonyl (C=O) groups excluding carboxylic acids is 1. The molecule has 2 amide bonds. The Balaban J connectivity index is 1.52. The van der Waals surface area contributed by atoms with E-state index in [0.717, 1.165) is 18.5 Å². The summed E-state index contributed by atoms with van der Waals surface area (Å²) in [7, 11) is 1.42. The highest BCUT2D eigenvalue weighted by Crippen LogP contribution is 2.28. The Morgan fingerprint density at radius 2 is 2.04 bits per heavy atom. The van der Waals surface area contributed by atoms with Crippen LogP contribution in [-0.2, 0) is 6.54 Å². The molecular formula is C19H20N4O4. The van der Waals surface area contributed by atoms with Gasteiger partial charge in [-0.2, -0.15) is 0 Å². The standard InChI is InChI=1S/C19H20N4O4/c1-27-15-7-8-16(18(13-15)23(25)26)21-19(24)20-10-4-11-22-12-9-14-5-2-3-6-17(14)22/h2-3,5-9,12-13H,4,10-11H2,1H3,(H2,20,21,24). The fourth-order valence-corrected chi connectivity index (χ4v) is 2.85. The number of para-hydroxylation sites is 1. The van der Waals surface area contributed by atoms with Crippen molar-refractivity contribution in [2.45, 2.75) is 13.0 Å². The molecule has 0 bridgehead atoms. The summed E-state index contributed by atoms with van der Waals surface area (Å²) in [6.07, 6.45) is 2.75. The van der Waals surface area contributed by atoms with Gasteiger partial charge in [-0.25, -0.2) is 4.79 Å². The summed E-state index contributed by atoms with van der Waals surface area (Å²) >= 11 is 0. The Kier molecular flexibility index (Phi) is 5.55. The molecule has 1 heterocycles. The average Bonchev–Trinajstić information content (AvgIpc) is 3.08. The molecule has 140 valence electrons. The summed E-state index contributed by atoms with van der Waals surface area (Å²) < 4.78 is 7.10. The van der Waals surface area contributed by atoms with E-state index in [2.05, 4.69) is 33.4 Å². The van der Waals surface area contributed by atoms with Gasteiger partial charge in [0.15, 0.2) is 0 Å². The molecule has 0 spiro atoms. The zero-order chi connectivity index (χ0) is 19.2. The van der Waals surface area contributed by atoms with E-state index in [0.29, 0.717) is 12.3 Å². The Bertz CT molecular complexity index is 967. The summed E-state index contributed by atoms with van der Waals surface area (Å²) in [6, 6.07) is 13.9. The van der Waals surface area contributed by atoms with Crippen LogP contribution in [0.5, 0.6) is 5.75 Å². The second-order valence-electron chi connectivity index (χ2n) is 5.94. The first-order valence-electron chi connectivity index (χ1n) is 8.49. The quantitative estimate of drug-likeness (QED) is 0.377. The molecule has 1 aromatic heterocycles. The van der Waals surface area contributed by atoms with Crippen LogP contribution in [0.15, 0.2) is 54.7 Å². The molecule has 3 aromatic rings. The number of rotatable bonds is 7. The number of hydrogen-bond donors (Lipinski definition) is 2. The number of amides is 2. The van der Waals surface area contributed by atoms with Gasteiger partial charge in [0.2, 0.25) is 0 Å². The van der Waals surface area contributed by atoms with E-state index in [4.69, 9.17) is 4.74 Å². The first-order valence-corrected chi connectivity index (χ1v) is 8.49. The number of nitrogens with zero attached hydrogens (tertiary/aromatic N) is 2. The number of urea groups is 1. The number of ether oxygens (including phenoxy) is 1. The predicted molar refractivity (Wildman–Crippen MR) is 103 cm³/mol. The monoisotopic (exact) mass is 368 g/mol. The highest BCUT2D eigenvalue weighted by molar-refractivity contribution is 5.92. The van der Waals surface area contributed by atoms with E-state index in [9.17, 15) is 14.9 Å². The molecule has 2 aromatic carbocycles. The number of nitrogens with one attached hydrogen (secondary N) is 2. The number of anilines is 1. The molecule has 8 heteroatoms. The van der Waals surface area contributed by atoms with Gasteiger partial charge in [0.05, 0.1) is 18.1 Å². The van der Waals surface area contributed by atoms with Crippen molar-refractivity contribution in [1.82, 2.24) is 9.88 Å². The van der Waals surface area contributed by atoms with Crippen molar-refractivity contribution in [3.05, 3.63) is 64.8 Å². The second kappa shape index (κ2) is 8.22. The lowest BCUT2D eigenvalue weighted by atomic mass is 10.2. The van der Waals surface area contributed by atoms with Crippen molar-refractivity contribution in [2.24, 2.45) is 0 Å². The third-order valence-electron chi connectivity index (χ3n) is 4.19. The molecule has 8 nitrogen and oxygen atoms in total. The van der Waals surface area contributed by atoms with E-state index < -0.39 is 11.0 Å². The summed E-state index contributed by atoms with van der Waals surface area (Å²) in [6.45, 7) is 1.21. The van der Waals surface area contributed by atoms with Crippen LogP contribution >= 0.6 is 0 Å². The van der Waals surface area contributed by atoms with Gasteiger partial charge in [-0.3, -0.25) is 10.1 Å². The van der Waals surface area contributed by atoms with Gasteiger partial charge in [-0.1, -0.05) is 18.2 Å². The smallest absolute Gasteiger partial charge is 0.319 e. The Morgan fingerprint density at radius 3 is 2.81 bits per heavy atom. The van der Waals surface area contributed by atoms with Crippen molar-refractivity contribution in [3.8, 4) is 5.75 Å². The van der Waals surface area contributed by atoms with E-state index in [1.807, 2.05) is 18.3 Å². The fraction of sp³-hybridized carbons (Fsp3) is 0.211. The maximum atomic E-state index is 12.0. The Labute approximate surface area is 155 Å². The maximum Gasteiger partial charge on any atom is 0.319 e. The van der Waals surface area contributed by atoms with Crippen molar-refractivity contribution in [3.63, 3.8) is 0 Å². The molecule has 2 N–H and O–H groups in total. The predicted octanol–water partition coefficient (Wildman–Crippen LogP) is 3.77. The van der Waals surface area contributed by atoms with E-state index in [-0.39, 0.29) is 11.4 Å². The van der Waals surface area contributed by atoms with Crippen LogP contribution in [0, 0.1) is 10.1 Å². The molecule has 0 aliphatic heterocycles. The van der Waals surface area contributed by atoms with Crippen molar-refractivity contribution in [1.29, 1.82) is 0 Å². The van der Waals surface area contributed by atoms with Gasteiger partial charge in [0.25, 0.3) is 5.69 Å². The fourth-order valence-electron chi connectivity index (χ4n) is 2.85. The zero-order valence-corrected chi connectivity index (χ0v) is 14.8. The van der Waals surface area contributed by atoms with Gasteiger partial charge in [0, 0.05) is 24.8 Å². The van der Waals surface area contributed by atoms with Gasteiger partial charge in [-0.05, 0) is 36.1 Å². The highest BCUT2D eigenvalue weighted by atomic mass is 16.6. The molecular weight excluding hydrogens is 348 g/mol. The topological polar surface area (TPSA) is 98.4 Å². The highest BCUT2D eigenvalue weighted by Gasteiger charge is 2.17. The first kappa shape index (κ1) is 18.2. The van der Waals surface area contributed by atoms with Crippen LogP contribution in [0.1, 0.15) is 6.42 Å². The molecule has 27 heavy (non-hydrogen) atoms. The van der Waals surface area contributed by atoms with Crippen molar-refractivity contribution in [2.75, 3.05) is 19.0 Å². The Hall–Kier alpha value is -3.55. The molecule has 0 saturated carbocycles. The normalized spacial score (nSPS) is 10.6. The van der Waals surface area contributed by atoms with Crippen LogP contribution in [0.4, 0.5) is 16.2 Å². The van der Waals surface area contributed by atoms with Gasteiger partial charge in [0.1, 0.15) is 11.4 Å². The SMILES string of the molecule is COc1ccc(NC(=O)NCCCn2ccc3ccccc32)c([N+](=O)[O-])c1. The molecule has 0 atom stereocenters. The average molecular weight is 368 g/mol. The van der Waals surface area contributed by atoms with E-state index in [1.54, 1.807) is 6.07 Å². The molecule has 0 unspecified atom stereocenters. The zero-order valence-electron chi connectivity index (χ0n) is 14.8. The Morgan fingerprint density at radius 1 is 1.22 bits per heavy atom. The molecule has 0 aliphatic rings. The van der Waals surface area contributed by atoms with Gasteiger partial charge < -0.3 is 19.9 Å². The number of aromatic nitrogens is 1. The molecule has 0 saturated heterocycles. The molecule has 0 aliphatic carbocycles. The lowest BCUT2D eigenvalue weighted by molar-refractivity contribution is -0.384. The lowest BCUT2D eigenvalue weighted by Crippen LogP contribution is -2.30. The third-order valence-corrected chi connectivity index (χ3v) is 4.19. The molecule has 0 radical (unpaired) electrons. The molecule has 0 fully saturated rings. The van der Waals surface area contributed by atoms with Crippen LogP contribution in [0.3, 0.4) is 0 Å². The van der Waals surface area contributed by atoms with E-state index >= 15 is 0 Å². The number of methoxy groups -OCH3 is 1. The number of nitro groups is 1. The number of hydrogen-bond acceptors (Lipinski definition) is 4. The van der Waals surface area contributed by atoms with E-state index in [1.165, 1.54) is 24.6 Å². The van der Waals surface area contributed by atoms with Crippen molar-refractivity contribution < 1.29 is 14.5 Å². The van der Waals surface area contributed by atoms with Crippen LogP contribution in [0.2, 0.25) is 0 Å².